The molecular formula is C10H22O3Si. The summed E-state index contributed by atoms with van der Waals surface area (Å²) in [6.45, 7) is 9.60. The number of hydrogen-bond acceptors (Lipinski definition) is 3. The van der Waals surface area contributed by atoms with E-state index in [1.165, 1.54) is 0 Å². The molecule has 0 aliphatic carbocycles. The van der Waals surface area contributed by atoms with Gasteiger partial charge in [0.1, 0.15) is 0 Å². The van der Waals surface area contributed by atoms with E-state index in [0.29, 0.717) is 13.2 Å². The lowest BCUT2D eigenvalue weighted by Gasteiger charge is -2.41. The van der Waals surface area contributed by atoms with Crippen LogP contribution in [0.5, 0.6) is 0 Å². The molecule has 0 aromatic carbocycles. The Labute approximate surface area is 88.1 Å². The Balaban J connectivity index is 2.65. The van der Waals surface area contributed by atoms with Crippen molar-refractivity contribution in [2.24, 2.45) is 0 Å². The van der Waals surface area contributed by atoms with Crippen LogP contribution in [0.4, 0.5) is 0 Å². The fourth-order valence-electron chi connectivity index (χ4n) is 1.94. The molecule has 1 fully saturated rings. The van der Waals surface area contributed by atoms with Gasteiger partial charge in [-0.2, -0.15) is 0 Å². The smallest absolute Gasteiger partial charge is 0.374 e. The van der Waals surface area contributed by atoms with Crippen LogP contribution in [-0.4, -0.2) is 27.6 Å². The first-order valence-corrected chi connectivity index (χ1v) is 7.45. The Morgan fingerprint density at radius 3 is 2.21 bits per heavy atom. The molecule has 0 aromatic heterocycles. The third-order valence-corrected chi connectivity index (χ3v) is 5.71. The third kappa shape index (κ3) is 3.05. The summed E-state index contributed by atoms with van der Waals surface area (Å²) in [6, 6.07) is 0.970. The van der Waals surface area contributed by atoms with Gasteiger partial charge in [-0.1, -0.05) is 0 Å². The van der Waals surface area contributed by atoms with E-state index in [-0.39, 0.29) is 5.60 Å². The van der Waals surface area contributed by atoms with Gasteiger partial charge in [0.15, 0.2) is 0 Å². The molecule has 1 rings (SSSR count). The van der Waals surface area contributed by atoms with Gasteiger partial charge in [-0.15, -0.1) is 0 Å². The van der Waals surface area contributed by atoms with Crippen LogP contribution < -0.4 is 0 Å². The molecule has 0 atom stereocenters. The minimum Gasteiger partial charge on any atom is -0.374 e. The molecule has 0 radical (unpaired) electrons. The van der Waals surface area contributed by atoms with Crippen LogP contribution in [-0.2, 0) is 13.3 Å². The maximum absolute atomic E-state index is 6.04. The second-order valence-corrected chi connectivity index (χ2v) is 6.91. The molecule has 0 N–H and O–H groups in total. The highest BCUT2D eigenvalue weighted by Crippen LogP contribution is 2.34. The van der Waals surface area contributed by atoms with Gasteiger partial charge in [-0.3, -0.25) is 0 Å². The van der Waals surface area contributed by atoms with Gasteiger partial charge in [0.2, 0.25) is 0 Å². The first-order chi connectivity index (χ1) is 6.54. The maximum atomic E-state index is 6.04. The van der Waals surface area contributed by atoms with E-state index in [0.717, 1.165) is 18.9 Å². The zero-order valence-electron chi connectivity index (χ0n) is 9.76. The van der Waals surface area contributed by atoms with E-state index in [2.05, 4.69) is 13.8 Å². The third-order valence-electron chi connectivity index (χ3n) is 2.42. The van der Waals surface area contributed by atoms with Gasteiger partial charge >= 0.3 is 8.80 Å². The standard InChI is InChI=1S/C10H22O3Si/c1-5-11-14(12-6-2)9-7-8-10(3,4)13-14/h5-9H2,1-4H3. The van der Waals surface area contributed by atoms with Gasteiger partial charge in [-0.25, -0.2) is 0 Å². The van der Waals surface area contributed by atoms with Crippen LogP contribution in [0.3, 0.4) is 0 Å². The molecule has 0 spiro atoms. The van der Waals surface area contributed by atoms with E-state index in [1.54, 1.807) is 0 Å². The van der Waals surface area contributed by atoms with Crippen LogP contribution in [0, 0.1) is 0 Å². The average molecular weight is 218 g/mol. The van der Waals surface area contributed by atoms with E-state index < -0.39 is 8.80 Å². The van der Waals surface area contributed by atoms with E-state index in [4.69, 9.17) is 13.3 Å². The van der Waals surface area contributed by atoms with Crippen molar-refractivity contribution in [2.45, 2.75) is 52.2 Å². The van der Waals surface area contributed by atoms with E-state index in [9.17, 15) is 0 Å². The zero-order chi connectivity index (χ0) is 10.7. The summed E-state index contributed by atoms with van der Waals surface area (Å²) in [7, 11) is -2.32. The quantitative estimate of drug-likeness (QED) is 0.679. The monoisotopic (exact) mass is 218 g/mol. The molecule has 1 saturated heterocycles. The van der Waals surface area contributed by atoms with Gasteiger partial charge < -0.3 is 13.3 Å². The summed E-state index contributed by atoms with van der Waals surface area (Å²) in [6.07, 6.45) is 2.25. The SMILES string of the molecule is CCO[Si]1(OCC)CCCC(C)(C)O1. The Kier molecular flexibility index (Phi) is 4.12. The molecule has 4 heteroatoms. The number of hydrogen-bond donors (Lipinski definition) is 0. The Morgan fingerprint density at radius 2 is 1.79 bits per heavy atom. The van der Waals surface area contributed by atoms with E-state index in [1.807, 2.05) is 13.8 Å². The normalized spacial score (nSPS) is 24.9. The predicted octanol–water partition coefficient (Wildman–Crippen LogP) is 2.59. The van der Waals surface area contributed by atoms with Gasteiger partial charge in [-0.05, 0) is 40.5 Å². The second-order valence-electron chi connectivity index (χ2n) is 4.26. The molecule has 1 heterocycles. The molecule has 0 amide bonds. The van der Waals surface area contributed by atoms with Crippen molar-refractivity contribution in [3.63, 3.8) is 0 Å². The highest BCUT2D eigenvalue weighted by molar-refractivity contribution is 6.61. The lowest BCUT2D eigenvalue weighted by atomic mass is 10.0. The zero-order valence-corrected chi connectivity index (χ0v) is 10.8. The first kappa shape index (κ1) is 12.2. The summed E-state index contributed by atoms with van der Waals surface area (Å²) in [5.41, 5.74) is -0.0746. The Bertz CT molecular complexity index is 171. The summed E-state index contributed by atoms with van der Waals surface area (Å²) in [5, 5.41) is 0. The van der Waals surface area contributed by atoms with Gasteiger partial charge in [0.25, 0.3) is 0 Å². The highest BCUT2D eigenvalue weighted by Gasteiger charge is 2.48. The molecule has 84 valence electrons. The minimum atomic E-state index is -2.32. The molecule has 1 aliphatic rings. The summed E-state index contributed by atoms with van der Waals surface area (Å²) >= 11 is 0. The summed E-state index contributed by atoms with van der Waals surface area (Å²) < 4.78 is 17.5. The molecule has 14 heavy (non-hydrogen) atoms. The van der Waals surface area contributed by atoms with Crippen molar-refractivity contribution in [3.8, 4) is 0 Å². The van der Waals surface area contributed by atoms with Gasteiger partial charge in [0, 0.05) is 19.3 Å². The van der Waals surface area contributed by atoms with Gasteiger partial charge in [0.05, 0.1) is 5.60 Å². The van der Waals surface area contributed by atoms with Crippen molar-refractivity contribution in [3.05, 3.63) is 0 Å². The molecule has 0 aromatic rings. The molecule has 0 unspecified atom stereocenters. The predicted molar refractivity (Wildman–Crippen MR) is 58.2 cm³/mol. The molecule has 3 nitrogen and oxygen atoms in total. The molecule has 0 saturated carbocycles. The minimum absolute atomic E-state index is 0.0746. The Hall–Kier alpha value is 0.0969. The van der Waals surface area contributed by atoms with Crippen LogP contribution in [0.25, 0.3) is 0 Å². The summed E-state index contributed by atoms with van der Waals surface area (Å²) in [5.74, 6) is 0. The van der Waals surface area contributed by atoms with Crippen molar-refractivity contribution >= 4 is 8.80 Å². The van der Waals surface area contributed by atoms with Crippen molar-refractivity contribution < 1.29 is 13.3 Å². The number of rotatable bonds is 4. The molecular weight excluding hydrogens is 196 g/mol. The fourth-order valence-corrected chi connectivity index (χ4v) is 4.96. The highest BCUT2D eigenvalue weighted by atomic mass is 28.4. The Morgan fingerprint density at radius 1 is 1.21 bits per heavy atom. The fraction of sp³-hybridized carbons (Fsp3) is 1.00. The lowest BCUT2D eigenvalue weighted by molar-refractivity contribution is -0.0309. The van der Waals surface area contributed by atoms with Crippen molar-refractivity contribution in [2.75, 3.05) is 13.2 Å². The first-order valence-electron chi connectivity index (χ1n) is 5.52. The van der Waals surface area contributed by atoms with E-state index >= 15 is 0 Å². The van der Waals surface area contributed by atoms with Crippen LogP contribution >= 0.6 is 0 Å². The van der Waals surface area contributed by atoms with Crippen LogP contribution in [0.15, 0.2) is 0 Å². The van der Waals surface area contributed by atoms with Crippen molar-refractivity contribution in [1.29, 1.82) is 0 Å². The average Bonchev–Trinajstić information content (AvgIpc) is 2.02. The molecule has 1 aliphatic heterocycles. The topological polar surface area (TPSA) is 27.7 Å². The van der Waals surface area contributed by atoms with Crippen LogP contribution in [0.1, 0.15) is 40.5 Å². The van der Waals surface area contributed by atoms with Crippen molar-refractivity contribution in [1.82, 2.24) is 0 Å². The summed E-state index contributed by atoms with van der Waals surface area (Å²) in [4.78, 5) is 0. The second kappa shape index (κ2) is 4.75. The molecule has 0 bridgehead atoms. The van der Waals surface area contributed by atoms with Crippen LogP contribution in [0.2, 0.25) is 6.04 Å². The maximum Gasteiger partial charge on any atom is 0.501 e. The lowest BCUT2D eigenvalue weighted by Crippen LogP contribution is -2.54. The largest absolute Gasteiger partial charge is 0.501 e.